The van der Waals surface area contributed by atoms with Crippen molar-refractivity contribution in [1.82, 2.24) is 10.3 Å². The Bertz CT molecular complexity index is 768. The van der Waals surface area contributed by atoms with Gasteiger partial charge in [0.25, 0.3) is 5.91 Å². The number of aryl methyl sites for hydroxylation is 1. The van der Waals surface area contributed by atoms with Crippen LogP contribution in [0.1, 0.15) is 33.2 Å². The Morgan fingerprint density at radius 2 is 1.52 bits per heavy atom. The minimum atomic E-state index is -0.202. The molecule has 0 aliphatic carbocycles. The first-order chi connectivity index (χ1) is 11.2. The van der Waals surface area contributed by atoms with Crippen molar-refractivity contribution in [1.29, 1.82) is 0 Å². The van der Waals surface area contributed by atoms with Crippen molar-refractivity contribution in [3.63, 3.8) is 0 Å². The minimum Gasteiger partial charge on any atom is -0.340 e. The number of pyridine rings is 1. The summed E-state index contributed by atoms with van der Waals surface area (Å²) >= 11 is 0. The van der Waals surface area contributed by atoms with E-state index in [0.717, 1.165) is 11.1 Å². The number of benzene rings is 2. The maximum atomic E-state index is 12.5. The van der Waals surface area contributed by atoms with Crippen molar-refractivity contribution in [3.8, 4) is 0 Å². The molecule has 1 amide bonds. The molecule has 23 heavy (non-hydrogen) atoms. The fraction of sp³-hybridized carbons (Fsp3) is 0.100. The molecule has 114 valence electrons. The third-order valence-electron chi connectivity index (χ3n) is 3.72. The first-order valence-electron chi connectivity index (χ1n) is 7.57. The second-order valence-electron chi connectivity index (χ2n) is 5.44. The Kier molecular flexibility index (Phi) is 4.48. The number of aromatic nitrogens is 1. The minimum absolute atomic E-state index is 0.181. The highest BCUT2D eigenvalue weighted by Gasteiger charge is 2.18. The van der Waals surface area contributed by atoms with E-state index in [0.29, 0.717) is 5.69 Å². The summed E-state index contributed by atoms with van der Waals surface area (Å²) in [5.41, 5.74) is 3.70. The number of carbonyl (C=O) groups excluding carboxylic acids is 1. The molecule has 0 unspecified atom stereocenters. The summed E-state index contributed by atoms with van der Waals surface area (Å²) in [6, 6.07) is 23.3. The van der Waals surface area contributed by atoms with Gasteiger partial charge >= 0.3 is 0 Å². The molecule has 0 bridgehead atoms. The van der Waals surface area contributed by atoms with Crippen LogP contribution in [0.4, 0.5) is 0 Å². The molecular formula is C20H18N2O. The zero-order chi connectivity index (χ0) is 16.1. The number of rotatable bonds is 4. The number of amides is 1. The molecule has 1 heterocycles. The van der Waals surface area contributed by atoms with Crippen molar-refractivity contribution in [3.05, 3.63) is 101 Å². The van der Waals surface area contributed by atoms with Crippen LogP contribution in [-0.2, 0) is 0 Å². The summed E-state index contributed by atoms with van der Waals surface area (Å²) in [6.45, 7) is 2.05. The average molecular weight is 302 g/mol. The highest BCUT2D eigenvalue weighted by molar-refractivity contribution is 5.92. The number of hydrogen-bond donors (Lipinski definition) is 1. The Labute approximate surface area is 136 Å². The monoisotopic (exact) mass is 302 g/mol. The lowest BCUT2D eigenvalue weighted by atomic mass is 9.97. The van der Waals surface area contributed by atoms with Crippen LogP contribution in [0.25, 0.3) is 0 Å². The van der Waals surface area contributed by atoms with Gasteiger partial charge in [0.1, 0.15) is 5.69 Å². The lowest BCUT2D eigenvalue weighted by molar-refractivity contribution is 0.0938. The molecule has 0 saturated heterocycles. The average Bonchev–Trinajstić information content (AvgIpc) is 2.62. The lowest BCUT2D eigenvalue weighted by Gasteiger charge is -2.20. The quantitative estimate of drug-likeness (QED) is 0.794. The van der Waals surface area contributed by atoms with Crippen LogP contribution in [0, 0.1) is 6.92 Å². The SMILES string of the molecule is Cc1ccc([C@H](NC(=O)c2ccccn2)c2ccccc2)cc1. The third-order valence-corrected chi connectivity index (χ3v) is 3.72. The second kappa shape index (κ2) is 6.88. The smallest absolute Gasteiger partial charge is 0.270 e. The topological polar surface area (TPSA) is 42.0 Å². The normalized spacial score (nSPS) is 11.7. The number of nitrogens with zero attached hydrogens (tertiary/aromatic N) is 1. The maximum Gasteiger partial charge on any atom is 0.270 e. The Balaban J connectivity index is 1.93. The number of hydrogen-bond acceptors (Lipinski definition) is 2. The molecule has 0 aliphatic heterocycles. The maximum absolute atomic E-state index is 12.5. The van der Waals surface area contributed by atoms with Gasteiger partial charge in [-0.15, -0.1) is 0 Å². The van der Waals surface area contributed by atoms with E-state index in [1.165, 1.54) is 5.56 Å². The fourth-order valence-corrected chi connectivity index (χ4v) is 2.47. The largest absolute Gasteiger partial charge is 0.340 e. The molecule has 3 rings (SSSR count). The van der Waals surface area contributed by atoms with E-state index in [4.69, 9.17) is 0 Å². The van der Waals surface area contributed by atoms with Crippen molar-refractivity contribution in [2.45, 2.75) is 13.0 Å². The van der Waals surface area contributed by atoms with Gasteiger partial charge in [-0.25, -0.2) is 0 Å². The van der Waals surface area contributed by atoms with E-state index in [9.17, 15) is 4.79 Å². The van der Waals surface area contributed by atoms with E-state index >= 15 is 0 Å². The summed E-state index contributed by atoms with van der Waals surface area (Å²) in [6.07, 6.45) is 1.62. The first-order valence-corrected chi connectivity index (χ1v) is 7.57. The molecule has 1 N–H and O–H groups in total. The third kappa shape index (κ3) is 3.64. The van der Waals surface area contributed by atoms with Gasteiger partial charge in [0, 0.05) is 6.20 Å². The van der Waals surface area contributed by atoms with Crippen LogP contribution in [-0.4, -0.2) is 10.9 Å². The molecule has 0 spiro atoms. The number of nitrogens with one attached hydrogen (secondary N) is 1. The Morgan fingerprint density at radius 3 is 2.17 bits per heavy atom. The summed E-state index contributed by atoms with van der Waals surface area (Å²) in [7, 11) is 0. The van der Waals surface area contributed by atoms with Crippen LogP contribution in [0.5, 0.6) is 0 Å². The molecule has 0 saturated carbocycles. The molecule has 0 fully saturated rings. The van der Waals surface area contributed by atoms with Crippen molar-refractivity contribution < 1.29 is 4.79 Å². The summed E-state index contributed by atoms with van der Waals surface area (Å²) < 4.78 is 0. The zero-order valence-corrected chi connectivity index (χ0v) is 12.9. The second-order valence-corrected chi connectivity index (χ2v) is 5.44. The van der Waals surface area contributed by atoms with Gasteiger partial charge < -0.3 is 5.32 Å². The van der Waals surface area contributed by atoms with Gasteiger partial charge in [-0.05, 0) is 30.2 Å². The van der Waals surface area contributed by atoms with Crippen molar-refractivity contribution >= 4 is 5.91 Å². The van der Waals surface area contributed by atoms with E-state index in [1.807, 2.05) is 55.5 Å². The molecule has 3 aromatic rings. The predicted molar refractivity (Wildman–Crippen MR) is 91.2 cm³/mol. The molecule has 1 atom stereocenters. The summed E-state index contributed by atoms with van der Waals surface area (Å²) in [5, 5.41) is 3.08. The van der Waals surface area contributed by atoms with Crippen molar-refractivity contribution in [2.24, 2.45) is 0 Å². The van der Waals surface area contributed by atoms with E-state index in [1.54, 1.807) is 18.3 Å². The van der Waals surface area contributed by atoms with Crippen molar-refractivity contribution in [2.75, 3.05) is 0 Å². The zero-order valence-electron chi connectivity index (χ0n) is 12.9. The van der Waals surface area contributed by atoms with Crippen LogP contribution < -0.4 is 5.32 Å². The molecule has 0 radical (unpaired) electrons. The standard InChI is InChI=1S/C20H18N2O/c1-15-10-12-17(13-11-15)19(16-7-3-2-4-8-16)22-20(23)18-9-5-6-14-21-18/h2-14,19H,1H3,(H,22,23)/t19-/m1/s1. The molecular weight excluding hydrogens is 284 g/mol. The van der Waals surface area contributed by atoms with Crippen LogP contribution in [0.3, 0.4) is 0 Å². The summed E-state index contributed by atoms with van der Waals surface area (Å²) in [4.78, 5) is 16.6. The van der Waals surface area contributed by atoms with Gasteiger partial charge in [-0.2, -0.15) is 0 Å². The van der Waals surface area contributed by atoms with Gasteiger partial charge in [-0.1, -0.05) is 66.2 Å². The van der Waals surface area contributed by atoms with Crippen LogP contribution in [0.2, 0.25) is 0 Å². The van der Waals surface area contributed by atoms with Gasteiger partial charge in [0.2, 0.25) is 0 Å². The molecule has 3 nitrogen and oxygen atoms in total. The van der Waals surface area contributed by atoms with Gasteiger partial charge in [0.05, 0.1) is 6.04 Å². The van der Waals surface area contributed by atoms with E-state index in [2.05, 4.69) is 22.4 Å². The predicted octanol–water partition coefficient (Wildman–Crippen LogP) is 3.91. The van der Waals surface area contributed by atoms with Gasteiger partial charge in [0.15, 0.2) is 0 Å². The highest BCUT2D eigenvalue weighted by atomic mass is 16.1. The van der Waals surface area contributed by atoms with E-state index in [-0.39, 0.29) is 11.9 Å². The summed E-state index contributed by atoms with van der Waals surface area (Å²) in [5.74, 6) is -0.181. The first kappa shape index (κ1) is 15.0. The highest BCUT2D eigenvalue weighted by Crippen LogP contribution is 2.22. The molecule has 2 aromatic carbocycles. The van der Waals surface area contributed by atoms with Crippen LogP contribution in [0.15, 0.2) is 79.0 Å². The number of carbonyl (C=O) groups is 1. The van der Waals surface area contributed by atoms with Crippen LogP contribution >= 0.6 is 0 Å². The lowest BCUT2D eigenvalue weighted by Crippen LogP contribution is -2.29. The molecule has 0 aliphatic rings. The fourth-order valence-electron chi connectivity index (χ4n) is 2.47. The van der Waals surface area contributed by atoms with Gasteiger partial charge in [-0.3, -0.25) is 9.78 Å². The Hall–Kier alpha value is -2.94. The Morgan fingerprint density at radius 1 is 0.870 bits per heavy atom. The molecule has 3 heteroatoms. The molecule has 1 aromatic heterocycles. The van der Waals surface area contributed by atoms with E-state index < -0.39 is 0 Å².